The molecule has 0 radical (unpaired) electrons. The van der Waals surface area contributed by atoms with Crippen LogP contribution in [-0.4, -0.2) is 6.04 Å². The zero-order chi connectivity index (χ0) is 14.4. The van der Waals surface area contributed by atoms with Crippen molar-refractivity contribution in [3.05, 3.63) is 33.8 Å². The van der Waals surface area contributed by atoms with Gasteiger partial charge in [0.05, 0.1) is 0 Å². The first-order chi connectivity index (χ1) is 8.71. The quantitative estimate of drug-likeness (QED) is 0.650. The van der Waals surface area contributed by atoms with E-state index < -0.39 is 0 Å². The van der Waals surface area contributed by atoms with Gasteiger partial charge in [0.2, 0.25) is 0 Å². The van der Waals surface area contributed by atoms with E-state index in [1.54, 1.807) is 6.07 Å². The Labute approximate surface area is 125 Å². The van der Waals surface area contributed by atoms with E-state index in [0.29, 0.717) is 26.8 Å². The predicted octanol–water partition coefficient (Wildman–Crippen LogP) is 4.05. The Hall–Kier alpha value is -0.280. The molecular formula is C15H22Cl2N2. The average molecular weight is 301 g/mol. The standard InChI is InChI=1S/C15H22Cl2N2/c1-14(2)13(15(14,3)4)12(19-18)7-9-5-6-10(16)8-11(9)17/h5-6,8,12-13,19H,7,18H2,1-4H3. The molecule has 0 saturated heterocycles. The Morgan fingerprint density at radius 1 is 1.21 bits per heavy atom. The monoisotopic (exact) mass is 300 g/mol. The number of hydrogen-bond donors (Lipinski definition) is 2. The summed E-state index contributed by atoms with van der Waals surface area (Å²) in [5, 5.41) is 1.38. The van der Waals surface area contributed by atoms with E-state index in [0.717, 1.165) is 12.0 Å². The summed E-state index contributed by atoms with van der Waals surface area (Å²) in [7, 11) is 0. The van der Waals surface area contributed by atoms with Gasteiger partial charge in [0.1, 0.15) is 0 Å². The van der Waals surface area contributed by atoms with Gasteiger partial charge < -0.3 is 0 Å². The van der Waals surface area contributed by atoms with Gasteiger partial charge >= 0.3 is 0 Å². The fraction of sp³-hybridized carbons (Fsp3) is 0.600. The summed E-state index contributed by atoms with van der Waals surface area (Å²) in [4.78, 5) is 0. The summed E-state index contributed by atoms with van der Waals surface area (Å²) < 4.78 is 0. The van der Waals surface area contributed by atoms with Crippen molar-refractivity contribution in [3.8, 4) is 0 Å². The number of nitrogens with one attached hydrogen (secondary N) is 1. The number of hydrogen-bond acceptors (Lipinski definition) is 2. The molecule has 4 heteroatoms. The highest BCUT2D eigenvalue weighted by atomic mass is 35.5. The second-order valence-corrected chi connectivity index (χ2v) is 7.48. The van der Waals surface area contributed by atoms with E-state index in [2.05, 4.69) is 33.1 Å². The van der Waals surface area contributed by atoms with Crippen molar-refractivity contribution in [3.63, 3.8) is 0 Å². The lowest BCUT2D eigenvalue weighted by molar-refractivity contribution is 0.402. The molecule has 0 heterocycles. The van der Waals surface area contributed by atoms with Crippen LogP contribution >= 0.6 is 23.2 Å². The van der Waals surface area contributed by atoms with Gasteiger partial charge in [0.15, 0.2) is 0 Å². The van der Waals surface area contributed by atoms with Gasteiger partial charge in [0.25, 0.3) is 0 Å². The third-order valence-electron chi connectivity index (χ3n) is 5.20. The molecule has 19 heavy (non-hydrogen) atoms. The molecule has 0 bridgehead atoms. The average Bonchev–Trinajstić information content (AvgIpc) is 2.70. The van der Waals surface area contributed by atoms with Crippen LogP contribution in [0.15, 0.2) is 18.2 Å². The predicted molar refractivity (Wildman–Crippen MR) is 82.3 cm³/mol. The first-order valence-corrected chi connectivity index (χ1v) is 7.37. The number of benzene rings is 1. The zero-order valence-corrected chi connectivity index (χ0v) is 13.4. The van der Waals surface area contributed by atoms with Crippen molar-refractivity contribution in [1.29, 1.82) is 0 Å². The minimum absolute atomic E-state index is 0.226. The Kier molecular flexibility index (Phi) is 3.92. The van der Waals surface area contributed by atoms with Crippen LogP contribution in [0.1, 0.15) is 33.3 Å². The van der Waals surface area contributed by atoms with Crippen LogP contribution in [0.5, 0.6) is 0 Å². The number of rotatable bonds is 4. The van der Waals surface area contributed by atoms with Crippen LogP contribution in [0.3, 0.4) is 0 Å². The number of nitrogens with two attached hydrogens (primary N) is 1. The summed E-state index contributed by atoms with van der Waals surface area (Å²) in [6, 6.07) is 5.87. The lowest BCUT2D eigenvalue weighted by Crippen LogP contribution is -2.40. The Morgan fingerprint density at radius 3 is 2.21 bits per heavy atom. The van der Waals surface area contributed by atoms with E-state index in [4.69, 9.17) is 29.0 Å². The van der Waals surface area contributed by atoms with Crippen molar-refractivity contribution in [2.45, 2.75) is 40.2 Å². The van der Waals surface area contributed by atoms with Gasteiger partial charge in [-0.25, -0.2) is 0 Å². The molecule has 1 saturated carbocycles. The molecule has 1 atom stereocenters. The molecule has 0 aliphatic heterocycles. The zero-order valence-electron chi connectivity index (χ0n) is 11.9. The maximum Gasteiger partial charge on any atom is 0.0453 e. The summed E-state index contributed by atoms with van der Waals surface area (Å²) in [5.74, 6) is 6.30. The molecule has 1 aromatic carbocycles. The molecular weight excluding hydrogens is 279 g/mol. The third-order valence-corrected chi connectivity index (χ3v) is 5.79. The normalized spacial score (nSPS) is 22.3. The van der Waals surface area contributed by atoms with Crippen molar-refractivity contribution in [1.82, 2.24) is 5.43 Å². The second-order valence-electron chi connectivity index (χ2n) is 6.63. The van der Waals surface area contributed by atoms with Gasteiger partial charge in [-0.1, -0.05) is 57.0 Å². The van der Waals surface area contributed by atoms with E-state index in [-0.39, 0.29) is 6.04 Å². The van der Waals surface area contributed by atoms with Crippen LogP contribution in [0.25, 0.3) is 0 Å². The Bertz CT molecular complexity index is 469. The topological polar surface area (TPSA) is 38.0 Å². The molecule has 0 spiro atoms. The Balaban J connectivity index is 2.17. The van der Waals surface area contributed by atoms with Crippen LogP contribution in [0.2, 0.25) is 10.0 Å². The fourth-order valence-electron chi connectivity index (χ4n) is 3.45. The smallest absolute Gasteiger partial charge is 0.0453 e. The minimum atomic E-state index is 0.226. The molecule has 1 unspecified atom stereocenters. The molecule has 106 valence electrons. The van der Waals surface area contributed by atoms with E-state index in [9.17, 15) is 0 Å². The van der Waals surface area contributed by atoms with Crippen LogP contribution in [-0.2, 0) is 6.42 Å². The van der Waals surface area contributed by atoms with E-state index in [1.165, 1.54) is 0 Å². The molecule has 1 fully saturated rings. The van der Waals surface area contributed by atoms with Crippen LogP contribution < -0.4 is 11.3 Å². The maximum absolute atomic E-state index is 6.24. The van der Waals surface area contributed by atoms with Crippen molar-refractivity contribution < 1.29 is 0 Å². The van der Waals surface area contributed by atoms with Crippen molar-refractivity contribution >= 4 is 23.2 Å². The largest absolute Gasteiger partial charge is 0.271 e. The van der Waals surface area contributed by atoms with Crippen LogP contribution in [0, 0.1) is 16.7 Å². The summed E-state index contributed by atoms with van der Waals surface area (Å²) >= 11 is 12.2. The van der Waals surface area contributed by atoms with Gasteiger partial charge in [-0.3, -0.25) is 11.3 Å². The molecule has 3 N–H and O–H groups in total. The first-order valence-electron chi connectivity index (χ1n) is 6.62. The molecule has 0 aromatic heterocycles. The highest BCUT2D eigenvalue weighted by molar-refractivity contribution is 6.35. The molecule has 2 nitrogen and oxygen atoms in total. The SMILES string of the molecule is CC1(C)C(C(Cc2ccc(Cl)cc2Cl)NN)C1(C)C. The van der Waals surface area contributed by atoms with Crippen LogP contribution in [0.4, 0.5) is 0 Å². The first kappa shape index (κ1) is 15.1. The second kappa shape index (κ2) is 4.92. The number of hydrazine groups is 1. The van der Waals surface area contributed by atoms with E-state index in [1.807, 2.05) is 12.1 Å². The summed E-state index contributed by atoms with van der Waals surface area (Å²) in [5.41, 5.74) is 4.65. The van der Waals surface area contributed by atoms with Gasteiger partial charge in [-0.15, -0.1) is 0 Å². The summed E-state index contributed by atoms with van der Waals surface area (Å²) in [6.45, 7) is 9.19. The Morgan fingerprint density at radius 2 is 1.79 bits per heavy atom. The maximum atomic E-state index is 6.24. The molecule has 0 amide bonds. The van der Waals surface area contributed by atoms with E-state index >= 15 is 0 Å². The van der Waals surface area contributed by atoms with Crippen molar-refractivity contribution in [2.75, 3.05) is 0 Å². The fourth-order valence-corrected chi connectivity index (χ4v) is 3.94. The highest BCUT2D eigenvalue weighted by Gasteiger charge is 2.66. The summed E-state index contributed by atoms with van der Waals surface area (Å²) in [6.07, 6.45) is 0.823. The highest BCUT2D eigenvalue weighted by Crippen LogP contribution is 2.69. The number of halogens is 2. The van der Waals surface area contributed by atoms with Crippen molar-refractivity contribution in [2.24, 2.45) is 22.6 Å². The molecule has 1 aliphatic rings. The third kappa shape index (κ3) is 2.52. The lowest BCUT2D eigenvalue weighted by atomic mass is 9.97. The minimum Gasteiger partial charge on any atom is -0.271 e. The molecule has 2 rings (SSSR count). The lowest BCUT2D eigenvalue weighted by Gasteiger charge is -2.19. The van der Waals surface area contributed by atoms with Gasteiger partial charge in [0, 0.05) is 16.1 Å². The molecule has 1 aliphatic carbocycles. The van der Waals surface area contributed by atoms with Gasteiger partial charge in [-0.05, 0) is 40.9 Å². The molecule has 1 aromatic rings. The van der Waals surface area contributed by atoms with Gasteiger partial charge in [-0.2, -0.15) is 0 Å².